The van der Waals surface area contributed by atoms with Gasteiger partial charge in [0.05, 0.1) is 0 Å². The van der Waals surface area contributed by atoms with Crippen LogP contribution in [0.2, 0.25) is 5.02 Å². The predicted molar refractivity (Wildman–Crippen MR) is 50.0 cm³/mol. The number of benzene rings is 1. The summed E-state index contributed by atoms with van der Waals surface area (Å²) in [5.74, 6) is 0. The highest BCUT2D eigenvalue weighted by atomic mass is 35.5. The minimum Gasteiger partial charge on any atom is -0.361 e. The number of fused-ring (bicyclic) bond motifs is 1. The van der Waals surface area contributed by atoms with E-state index in [1.54, 1.807) is 0 Å². The van der Waals surface area contributed by atoms with Gasteiger partial charge in [0.25, 0.3) is 0 Å². The SMILES string of the molecule is C#N.Clc1ccc2cc[nH]c2c1. The Morgan fingerprint density at radius 3 is 2.75 bits per heavy atom. The van der Waals surface area contributed by atoms with Crippen molar-refractivity contribution in [1.82, 2.24) is 4.98 Å². The molecule has 0 saturated heterocycles. The van der Waals surface area contributed by atoms with Crippen molar-refractivity contribution in [3.8, 4) is 6.57 Å². The van der Waals surface area contributed by atoms with Crippen molar-refractivity contribution in [2.75, 3.05) is 0 Å². The zero-order valence-corrected chi connectivity index (χ0v) is 7.05. The van der Waals surface area contributed by atoms with E-state index in [1.165, 1.54) is 5.39 Å². The molecule has 2 aromatic rings. The Labute approximate surface area is 75.4 Å². The van der Waals surface area contributed by atoms with Gasteiger partial charge < -0.3 is 4.98 Å². The molecule has 0 bridgehead atoms. The van der Waals surface area contributed by atoms with Crippen molar-refractivity contribution in [3.05, 3.63) is 35.5 Å². The van der Waals surface area contributed by atoms with Crippen LogP contribution < -0.4 is 0 Å². The van der Waals surface area contributed by atoms with E-state index in [9.17, 15) is 0 Å². The van der Waals surface area contributed by atoms with Gasteiger partial charge in [-0.15, -0.1) is 0 Å². The third-order valence-electron chi connectivity index (χ3n) is 1.52. The fraction of sp³-hybridized carbons (Fsp3) is 0. The van der Waals surface area contributed by atoms with Crippen LogP contribution in [0, 0.1) is 11.8 Å². The second-order valence-electron chi connectivity index (χ2n) is 2.21. The van der Waals surface area contributed by atoms with Crippen molar-refractivity contribution < 1.29 is 0 Å². The first-order chi connectivity index (χ1) is 5.86. The quantitative estimate of drug-likeness (QED) is 0.662. The predicted octanol–water partition coefficient (Wildman–Crippen LogP) is 2.96. The average molecular weight is 179 g/mol. The lowest BCUT2D eigenvalue weighted by atomic mass is 10.2. The number of rotatable bonds is 0. The van der Waals surface area contributed by atoms with E-state index >= 15 is 0 Å². The summed E-state index contributed by atoms with van der Waals surface area (Å²) in [5.41, 5.74) is 1.09. The summed E-state index contributed by atoms with van der Waals surface area (Å²) < 4.78 is 0. The van der Waals surface area contributed by atoms with Crippen LogP contribution in [0.1, 0.15) is 0 Å². The highest BCUT2D eigenvalue weighted by Gasteiger charge is 1.92. The number of nitriles is 1. The molecule has 0 saturated carbocycles. The van der Waals surface area contributed by atoms with Gasteiger partial charge in [0, 0.05) is 23.3 Å². The third kappa shape index (κ3) is 1.58. The lowest BCUT2D eigenvalue weighted by molar-refractivity contribution is 1.48. The Morgan fingerprint density at radius 2 is 2.00 bits per heavy atom. The number of nitrogens with one attached hydrogen (secondary N) is 1. The van der Waals surface area contributed by atoms with E-state index in [2.05, 4.69) is 11.6 Å². The van der Waals surface area contributed by atoms with Crippen LogP contribution in [-0.4, -0.2) is 4.98 Å². The fourth-order valence-electron chi connectivity index (χ4n) is 1.02. The summed E-state index contributed by atoms with van der Waals surface area (Å²) >= 11 is 5.76. The molecule has 2 nitrogen and oxygen atoms in total. The summed E-state index contributed by atoms with van der Waals surface area (Å²) in [6.07, 6.45) is 1.90. The van der Waals surface area contributed by atoms with Crippen LogP contribution >= 0.6 is 11.6 Å². The van der Waals surface area contributed by atoms with E-state index in [-0.39, 0.29) is 0 Å². The number of aromatic nitrogens is 1. The van der Waals surface area contributed by atoms with Crippen LogP contribution in [0.3, 0.4) is 0 Å². The highest BCUT2D eigenvalue weighted by Crippen LogP contribution is 2.16. The first-order valence-electron chi connectivity index (χ1n) is 3.35. The van der Waals surface area contributed by atoms with Gasteiger partial charge in [-0.3, -0.25) is 0 Å². The monoisotopic (exact) mass is 178 g/mol. The van der Waals surface area contributed by atoms with Crippen molar-refractivity contribution in [2.24, 2.45) is 0 Å². The summed E-state index contributed by atoms with van der Waals surface area (Å²) in [5, 5.41) is 8.47. The van der Waals surface area contributed by atoms with Crippen LogP contribution in [0.15, 0.2) is 30.5 Å². The minimum absolute atomic E-state index is 0.773. The molecular formula is C9H7ClN2. The molecule has 0 unspecified atom stereocenters. The number of halogens is 1. The van der Waals surface area contributed by atoms with Crippen LogP contribution in [0.4, 0.5) is 0 Å². The molecule has 0 spiro atoms. The van der Waals surface area contributed by atoms with Crippen LogP contribution in [-0.2, 0) is 0 Å². The molecule has 3 heteroatoms. The van der Waals surface area contributed by atoms with Gasteiger partial charge in [0.2, 0.25) is 0 Å². The molecule has 60 valence electrons. The number of aromatic amines is 1. The van der Waals surface area contributed by atoms with Gasteiger partial charge in [0.1, 0.15) is 0 Å². The molecular weight excluding hydrogens is 172 g/mol. The molecule has 0 atom stereocenters. The zero-order valence-electron chi connectivity index (χ0n) is 6.29. The molecule has 0 fully saturated rings. The van der Waals surface area contributed by atoms with E-state index in [4.69, 9.17) is 16.9 Å². The Morgan fingerprint density at radius 1 is 1.25 bits per heavy atom. The Bertz CT molecular complexity index is 389. The molecule has 2 rings (SSSR count). The molecule has 0 amide bonds. The van der Waals surface area contributed by atoms with Gasteiger partial charge >= 0.3 is 0 Å². The topological polar surface area (TPSA) is 39.6 Å². The Balaban J connectivity index is 0.000000336. The molecule has 0 aliphatic carbocycles. The molecule has 1 heterocycles. The van der Waals surface area contributed by atoms with Crippen molar-refractivity contribution >= 4 is 22.5 Å². The first-order valence-corrected chi connectivity index (χ1v) is 3.72. The van der Waals surface area contributed by atoms with Gasteiger partial charge in [0.15, 0.2) is 0 Å². The summed E-state index contributed by atoms with van der Waals surface area (Å²) in [7, 11) is 0. The van der Waals surface area contributed by atoms with Crippen LogP contribution in [0.25, 0.3) is 10.9 Å². The van der Waals surface area contributed by atoms with Crippen molar-refractivity contribution in [2.45, 2.75) is 0 Å². The van der Waals surface area contributed by atoms with Crippen molar-refractivity contribution in [1.29, 1.82) is 5.26 Å². The van der Waals surface area contributed by atoms with Gasteiger partial charge in [-0.1, -0.05) is 17.7 Å². The second-order valence-corrected chi connectivity index (χ2v) is 2.65. The average Bonchev–Trinajstić information content (AvgIpc) is 2.54. The number of hydrogen-bond donors (Lipinski definition) is 1. The maximum Gasteiger partial charge on any atom is 0.0468 e. The maximum absolute atomic E-state index is 6.50. The van der Waals surface area contributed by atoms with E-state index in [0.717, 1.165) is 10.5 Å². The van der Waals surface area contributed by atoms with Crippen LogP contribution in [0.5, 0.6) is 0 Å². The zero-order chi connectivity index (χ0) is 8.97. The lowest BCUT2D eigenvalue weighted by Crippen LogP contribution is -1.65. The molecule has 12 heavy (non-hydrogen) atoms. The molecule has 1 aromatic carbocycles. The summed E-state index contributed by atoms with van der Waals surface area (Å²) in [4.78, 5) is 3.08. The minimum atomic E-state index is 0.773. The van der Waals surface area contributed by atoms with E-state index in [0.29, 0.717) is 0 Å². The molecule has 0 aliphatic heterocycles. The standard InChI is InChI=1S/C8H6ClN.CHN/c9-7-2-1-6-3-4-10-8(6)5-7;1-2/h1-5,10H;1H. The number of H-pyrrole nitrogens is 1. The third-order valence-corrected chi connectivity index (χ3v) is 1.75. The number of nitrogens with zero attached hydrogens (tertiary/aromatic N) is 1. The van der Waals surface area contributed by atoms with E-state index in [1.807, 2.05) is 30.5 Å². The maximum atomic E-state index is 6.50. The first kappa shape index (κ1) is 8.63. The van der Waals surface area contributed by atoms with E-state index < -0.39 is 0 Å². The van der Waals surface area contributed by atoms with Gasteiger partial charge in [-0.2, -0.15) is 0 Å². The largest absolute Gasteiger partial charge is 0.361 e. The normalized spacial score (nSPS) is 8.92. The molecule has 0 aliphatic rings. The number of hydrogen-bond acceptors (Lipinski definition) is 1. The Kier molecular flexibility index (Phi) is 2.73. The summed E-state index contributed by atoms with van der Waals surface area (Å²) in [6.45, 7) is 3.50. The highest BCUT2D eigenvalue weighted by molar-refractivity contribution is 6.31. The molecule has 0 radical (unpaired) electrons. The van der Waals surface area contributed by atoms with Crippen molar-refractivity contribution in [3.63, 3.8) is 0 Å². The van der Waals surface area contributed by atoms with Gasteiger partial charge in [-0.25, -0.2) is 5.26 Å². The fourth-order valence-corrected chi connectivity index (χ4v) is 1.19. The second kappa shape index (κ2) is 3.80. The molecule has 1 N–H and O–H groups in total. The lowest BCUT2D eigenvalue weighted by Gasteiger charge is -1.88. The smallest absolute Gasteiger partial charge is 0.0468 e. The molecule has 1 aromatic heterocycles. The summed E-state index contributed by atoms with van der Waals surface area (Å²) in [6, 6.07) is 7.81. The Hall–Kier alpha value is -1.46. The van der Waals surface area contributed by atoms with Gasteiger partial charge in [-0.05, 0) is 23.6 Å².